The molecule has 0 N–H and O–H groups in total. The molecule has 3 atom stereocenters. The highest BCUT2D eigenvalue weighted by Gasteiger charge is 2.55. The SMILES string of the molecule is CC(=O)C(C)N1C(=O)C2C(N=C3N(c4ccccc4)C(C)=CN32)N(C)C1=O. The lowest BCUT2D eigenvalue weighted by atomic mass is 10.1. The van der Waals surface area contributed by atoms with Gasteiger partial charge in [-0.25, -0.2) is 9.79 Å². The first-order valence-corrected chi connectivity index (χ1v) is 8.83. The summed E-state index contributed by atoms with van der Waals surface area (Å²) < 4.78 is 0. The van der Waals surface area contributed by atoms with E-state index in [0.29, 0.717) is 5.96 Å². The fraction of sp³-hybridized carbons (Fsp3) is 0.368. The number of imide groups is 1. The zero-order valence-electron chi connectivity index (χ0n) is 15.7. The molecule has 4 rings (SSSR count). The van der Waals surface area contributed by atoms with Gasteiger partial charge < -0.3 is 9.80 Å². The minimum absolute atomic E-state index is 0.234. The summed E-state index contributed by atoms with van der Waals surface area (Å²) in [5.74, 6) is -0.0238. The zero-order chi connectivity index (χ0) is 19.5. The molecule has 1 fully saturated rings. The molecule has 0 aliphatic carbocycles. The number of para-hydroxylation sites is 1. The summed E-state index contributed by atoms with van der Waals surface area (Å²) in [6, 6.07) is 7.75. The van der Waals surface area contributed by atoms with Crippen LogP contribution in [0.2, 0.25) is 0 Å². The number of guanidine groups is 1. The largest absolute Gasteiger partial charge is 0.328 e. The Bertz CT molecular complexity index is 894. The number of urea groups is 1. The third-order valence-electron chi connectivity index (χ3n) is 5.32. The molecular formula is C19H21N5O3. The number of likely N-dealkylation sites (N-methyl/N-ethyl adjacent to an activating group) is 1. The molecule has 0 radical (unpaired) electrons. The van der Waals surface area contributed by atoms with E-state index in [1.165, 1.54) is 11.8 Å². The van der Waals surface area contributed by atoms with Crippen LogP contribution in [0.1, 0.15) is 20.8 Å². The predicted molar refractivity (Wildman–Crippen MR) is 99.7 cm³/mol. The molecular weight excluding hydrogens is 346 g/mol. The molecule has 8 nitrogen and oxygen atoms in total. The minimum Gasteiger partial charge on any atom is -0.302 e. The van der Waals surface area contributed by atoms with E-state index in [9.17, 15) is 14.4 Å². The Balaban J connectivity index is 1.74. The lowest BCUT2D eigenvalue weighted by Gasteiger charge is -2.41. The highest BCUT2D eigenvalue weighted by molar-refractivity contribution is 6.11. The highest BCUT2D eigenvalue weighted by atomic mass is 16.2. The van der Waals surface area contributed by atoms with E-state index in [4.69, 9.17) is 0 Å². The van der Waals surface area contributed by atoms with Gasteiger partial charge in [-0.1, -0.05) is 18.2 Å². The Morgan fingerprint density at radius 2 is 1.85 bits per heavy atom. The number of Topliss-reactive ketones (excluding diaryl/α,β-unsaturated/α-hetero) is 1. The van der Waals surface area contributed by atoms with Gasteiger partial charge in [-0.3, -0.25) is 19.4 Å². The number of fused-ring (bicyclic) bond motifs is 3. The maximum Gasteiger partial charge on any atom is 0.328 e. The molecule has 140 valence electrons. The standard InChI is InChI=1S/C19H21N5O3/c1-11-10-22-15-16(20-18(22)23(11)14-8-6-5-7-9-14)21(4)19(27)24(17(15)26)12(2)13(3)25/h5-10,12,15-16H,1-4H3. The molecule has 3 unspecified atom stereocenters. The smallest absolute Gasteiger partial charge is 0.302 e. The number of benzene rings is 1. The van der Waals surface area contributed by atoms with E-state index in [1.807, 2.05) is 48.4 Å². The summed E-state index contributed by atoms with van der Waals surface area (Å²) in [4.78, 5) is 48.6. The molecule has 3 aliphatic heterocycles. The Hall–Kier alpha value is -3.16. The summed E-state index contributed by atoms with van der Waals surface area (Å²) in [5.41, 5.74) is 1.86. The third kappa shape index (κ3) is 2.36. The summed E-state index contributed by atoms with van der Waals surface area (Å²) in [6.45, 7) is 4.90. The van der Waals surface area contributed by atoms with Gasteiger partial charge in [0, 0.05) is 24.6 Å². The van der Waals surface area contributed by atoms with Crippen molar-refractivity contribution >= 4 is 29.4 Å². The maximum atomic E-state index is 13.2. The van der Waals surface area contributed by atoms with E-state index < -0.39 is 30.2 Å². The normalized spacial score (nSPS) is 25.3. The lowest BCUT2D eigenvalue weighted by Crippen LogP contribution is -2.66. The third-order valence-corrected chi connectivity index (χ3v) is 5.32. The van der Waals surface area contributed by atoms with Crippen molar-refractivity contribution in [3.8, 4) is 0 Å². The van der Waals surface area contributed by atoms with E-state index in [0.717, 1.165) is 16.3 Å². The second-order valence-electron chi connectivity index (χ2n) is 7.02. The molecule has 8 heteroatoms. The number of aliphatic imine (C=N–C) groups is 1. The second-order valence-corrected chi connectivity index (χ2v) is 7.02. The Morgan fingerprint density at radius 3 is 2.48 bits per heavy atom. The van der Waals surface area contributed by atoms with Crippen LogP contribution in [0.25, 0.3) is 0 Å². The first-order valence-electron chi connectivity index (χ1n) is 8.83. The van der Waals surface area contributed by atoms with Gasteiger partial charge in [0.1, 0.15) is 0 Å². The Labute approximate surface area is 157 Å². The molecule has 1 aromatic rings. The molecule has 0 bridgehead atoms. The first kappa shape index (κ1) is 17.3. The average molecular weight is 367 g/mol. The van der Waals surface area contributed by atoms with Crippen LogP contribution in [-0.2, 0) is 9.59 Å². The quantitative estimate of drug-likeness (QED) is 0.811. The van der Waals surface area contributed by atoms with E-state index in [1.54, 1.807) is 18.9 Å². The molecule has 27 heavy (non-hydrogen) atoms. The lowest BCUT2D eigenvalue weighted by molar-refractivity contribution is -0.142. The van der Waals surface area contributed by atoms with Gasteiger partial charge in [0.25, 0.3) is 5.91 Å². The number of amides is 3. The summed E-state index contributed by atoms with van der Waals surface area (Å²) >= 11 is 0. The summed E-state index contributed by atoms with van der Waals surface area (Å²) in [6.07, 6.45) is 1.25. The van der Waals surface area contributed by atoms with E-state index in [-0.39, 0.29) is 5.78 Å². The van der Waals surface area contributed by atoms with Crippen molar-refractivity contribution in [1.82, 2.24) is 14.7 Å². The highest BCUT2D eigenvalue weighted by Crippen LogP contribution is 2.36. The molecule has 1 saturated heterocycles. The molecule has 1 aromatic carbocycles. The monoisotopic (exact) mass is 367 g/mol. The van der Waals surface area contributed by atoms with Crippen molar-refractivity contribution in [1.29, 1.82) is 0 Å². The number of carbonyl (C=O) groups excluding carboxylic acids is 3. The van der Waals surface area contributed by atoms with Gasteiger partial charge in [-0.05, 0) is 32.9 Å². The van der Waals surface area contributed by atoms with Crippen LogP contribution in [0.15, 0.2) is 47.2 Å². The average Bonchev–Trinajstić information content (AvgIpc) is 3.15. The summed E-state index contributed by atoms with van der Waals surface area (Å²) in [5, 5.41) is 0. The molecule has 3 amide bonds. The molecule has 0 spiro atoms. The van der Waals surface area contributed by atoms with E-state index in [2.05, 4.69) is 4.99 Å². The Morgan fingerprint density at radius 1 is 1.19 bits per heavy atom. The minimum atomic E-state index is -0.810. The van der Waals surface area contributed by atoms with Crippen molar-refractivity contribution in [2.45, 2.75) is 39.0 Å². The summed E-state index contributed by atoms with van der Waals surface area (Å²) in [7, 11) is 1.61. The molecule has 3 heterocycles. The van der Waals surface area contributed by atoms with Crippen LogP contribution in [0.5, 0.6) is 0 Å². The topological polar surface area (TPSA) is 76.5 Å². The van der Waals surface area contributed by atoms with Crippen molar-refractivity contribution in [2.24, 2.45) is 4.99 Å². The Kier molecular flexibility index (Phi) is 3.80. The fourth-order valence-electron chi connectivity index (χ4n) is 3.75. The fourth-order valence-corrected chi connectivity index (χ4v) is 3.75. The van der Waals surface area contributed by atoms with E-state index >= 15 is 0 Å². The molecule has 3 aliphatic rings. The second kappa shape index (κ2) is 5.94. The van der Waals surface area contributed by atoms with Crippen LogP contribution in [0.4, 0.5) is 10.5 Å². The number of hydrogen-bond acceptors (Lipinski definition) is 6. The number of ketones is 1. The van der Waals surface area contributed by atoms with Gasteiger partial charge in [0.15, 0.2) is 18.0 Å². The van der Waals surface area contributed by atoms with Crippen LogP contribution in [0.3, 0.4) is 0 Å². The van der Waals surface area contributed by atoms with Gasteiger partial charge in [-0.2, -0.15) is 0 Å². The van der Waals surface area contributed by atoms with Crippen LogP contribution >= 0.6 is 0 Å². The zero-order valence-corrected chi connectivity index (χ0v) is 15.7. The van der Waals surface area contributed by atoms with Gasteiger partial charge in [-0.15, -0.1) is 0 Å². The van der Waals surface area contributed by atoms with Crippen LogP contribution in [-0.4, -0.2) is 63.7 Å². The number of rotatable bonds is 3. The van der Waals surface area contributed by atoms with Gasteiger partial charge >= 0.3 is 6.03 Å². The first-order chi connectivity index (χ1) is 12.8. The maximum absolute atomic E-state index is 13.2. The number of anilines is 1. The van der Waals surface area contributed by atoms with Crippen molar-refractivity contribution in [3.05, 3.63) is 42.2 Å². The molecule has 0 saturated carbocycles. The van der Waals surface area contributed by atoms with Crippen molar-refractivity contribution < 1.29 is 14.4 Å². The van der Waals surface area contributed by atoms with Gasteiger partial charge in [0.2, 0.25) is 5.96 Å². The van der Waals surface area contributed by atoms with Gasteiger partial charge in [0.05, 0.1) is 6.04 Å². The number of allylic oxidation sites excluding steroid dienone is 1. The number of carbonyl (C=O) groups is 3. The number of nitrogens with zero attached hydrogens (tertiary/aromatic N) is 5. The van der Waals surface area contributed by atoms with Crippen LogP contribution in [0, 0.1) is 0 Å². The van der Waals surface area contributed by atoms with Crippen molar-refractivity contribution in [3.63, 3.8) is 0 Å². The van der Waals surface area contributed by atoms with Crippen LogP contribution < -0.4 is 4.90 Å². The predicted octanol–water partition coefficient (Wildman–Crippen LogP) is 1.61. The van der Waals surface area contributed by atoms with Crippen molar-refractivity contribution in [2.75, 3.05) is 11.9 Å². The number of hydrogen-bond donors (Lipinski definition) is 0. The molecule has 0 aromatic heterocycles.